The number of fused-ring (bicyclic) bond motifs is 7. The van der Waals surface area contributed by atoms with Gasteiger partial charge in [0.1, 0.15) is 5.60 Å². The second-order valence-electron chi connectivity index (χ2n) is 12.9. The van der Waals surface area contributed by atoms with Crippen molar-refractivity contribution in [3.05, 3.63) is 0 Å². The summed E-state index contributed by atoms with van der Waals surface area (Å²) < 4.78 is 12.8. The van der Waals surface area contributed by atoms with Crippen LogP contribution in [0, 0.1) is 40.4 Å². The molecule has 0 unspecified atom stereocenters. The van der Waals surface area contributed by atoms with Crippen molar-refractivity contribution in [2.45, 2.75) is 115 Å². The van der Waals surface area contributed by atoms with Gasteiger partial charge in [-0.25, -0.2) is 0 Å². The fourth-order valence-corrected chi connectivity index (χ4v) is 10.3. The Morgan fingerprint density at radius 3 is 2.45 bits per heavy atom. The zero-order valence-corrected chi connectivity index (χ0v) is 19.6. The molecule has 12 atom stereocenters. The maximum atomic E-state index is 11.9. The molecule has 0 aromatic heterocycles. The van der Waals surface area contributed by atoms with E-state index in [-0.39, 0.29) is 35.1 Å². The summed E-state index contributed by atoms with van der Waals surface area (Å²) in [6.45, 7) is 7.35. The molecule has 2 heterocycles. The molecule has 6 fully saturated rings. The van der Waals surface area contributed by atoms with E-state index in [1.807, 2.05) is 6.92 Å². The van der Waals surface area contributed by atoms with Crippen LogP contribution in [-0.4, -0.2) is 51.6 Å². The Morgan fingerprint density at radius 1 is 0.903 bits per heavy atom. The second kappa shape index (κ2) is 6.69. The van der Waals surface area contributed by atoms with Gasteiger partial charge in [-0.3, -0.25) is 0 Å². The Balaban J connectivity index is 1.34. The van der Waals surface area contributed by atoms with E-state index in [0.29, 0.717) is 30.3 Å². The molecule has 5 nitrogen and oxygen atoms in total. The van der Waals surface area contributed by atoms with Crippen molar-refractivity contribution in [2.75, 3.05) is 6.61 Å². The molecule has 3 N–H and O–H groups in total. The summed E-state index contributed by atoms with van der Waals surface area (Å²) in [4.78, 5) is 0. The van der Waals surface area contributed by atoms with E-state index in [1.54, 1.807) is 0 Å². The zero-order chi connectivity index (χ0) is 21.8. The molecule has 6 aliphatic rings. The summed E-state index contributed by atoms with van der Waals surface area (Å²) >= 11 is 0. The molecular formula is C26H42O5. The van der Waals surface area contributed by atoms with Gasteiger partial charge in [0.15, 0.2) is 5.79 Å². The monoisotopic (exact) mass is 434 g/mol. The predicted molar refractivity (Wildman–Crippen MR) is 116 cm³/mol. The first-order chi connectivity index (χ1) is 14.6. The van der Waals surface area contributed by atoms with Crippen LogP contribution in [0.1, 0.15) is 85.0 Å². The highest BCUT2D eigenvalue weighted by Gasteiger charge is 2.75. The summed E-state index contributed by atoms with van der Waals surface area (Å²) in [7, 11) is 0. The number of hydrogen-bond donors (Lipinski definition) is 3. The summed E-state index contributed by atoms with van der Waals surface area (Å²) in [6, 6.07) is 0. The highest BCUT2D eigenvalue weighted by atomic mass is 16.7. The Bertz CT molecular complexity index is 731. The van der Waals surface area contributed by atoms with Crippen LogP contribution >= 0.6 is 0 Å². The molecule has 0 aromatic carbocycles. The normalized spacial score (nSPS) is 63.3. The van der Waals surface area contributed by atoms with Crippen LogP contribution in [0.25, 0.3) is 0 Å². The van der Waals surface area contributed by atoms with Crippen molar-refractivity contribution in [3.63, 3.8) is 0 Å². The maximum absolute atomic E-state index is 11.9. The largest absolute Gasteiger partial charge is 0.393 e. The first kappa shape index (κ1) is 21.3. The van der Waals surface area contributed by atoms with Crippen LogP contribution in [-0.2, 0) is 9.47 Å². The van der Waals surface area contributed by atoms with Crippen molar-refractivity contribution in [1.82, 2.24) is 0 Å². The quantitative estimate of drug-likeness (QED) is 0.543. The van der Waals surface area contributed by atoms with Gasteiger partial charge in [0.25, 0.3) is 0 Å². The summed E-state index contributed by atoms with van der Waals surface area (Å²) in [5, 5.41) is 33.9. The molecule has 5 heteroatoms. The minimum atomic E-state index is -1.02. The molecule has 31 heavy (non-hydrogen) atoms. The van der Waals surface area contributed by atoms with Crippen molar-refractivity contribution in [2.24, 2.45) is 40.4 Å². The molecule has 4 saturated carbocycles. The first-order valence-electron chi connectivity index (χ1n) is 13.0. The molecule has 2 saturated heterocycles. The maximum Gasteiger partial charge on any atom is 0.197 e. The molecule has 2 aliphatic heterocycles. The van der Waals surface area contributed by atoms with Gasteiger partial charge in [-0.2, -0.15) is 0 Å². The van der Waals surface area contributed by atoms with Gasteiger partial charge in [-0.05, 0) is 99.2 Å². The third kappa shape index (κ3) is 2.62. The topological polar surface area (TPSA) is 79.2 Å². The lowest BCUT2D eigenvalue weighted by Gasteiger charge is -2.63. The molecule has 176 valence electrons. The van der Waals surface area contributed by atoms with Crippen molar-refractivity contribution in [1.29, 1.82) is 0 Å². The summed E-state index contributed by atoms with van der Waals surface area (Å²) in [6.07, 6.45) is 9.18. The van der Waals surface area contributed by atoms with Gasteiger partial charge >= 0.3 is 0 Å². The second-order valence-corrected chi connectivity index (χ2v) is 12.9. The molecule has 0 amide bonds. The number of rotatable bonds is 0. The lowest BCUT2D eigenvalue weighted by molar-refractivity contribution is -0.310. The molecule has 0 bridgehead atoms. The predicted octanol–water partition coefficient (Wildman–Crippen LogP) is 3.63. The number of ether oxygens (including phenoxy) is 2. The van der Waals surface area contributed by atoms with Crippen LogP contribution in [0.5, 0.6) is 0 Å². The Labute approximate surface area is 186 Å². The third-order valence-corrected chi connectivity index (χ3v) is 11.5. The van der Waals surface area contributed by atoms with Crippen LogP contribution in [0.3, 0.4) is 0 Å². The van der Waals surface area contributed by atoms with Crippen LogP contribution in [0.2, 0.25) is 0 Å². The lowest BCUT2D eigenvalue weighted by Crippen LogP contribution is -2.63. The molecule has 1 spiro atoms. The molecular weight excluding hydrogens is 392 g/mol. The van der Waals surface area contributed by atoms with Gasteiger partial charge in [-0.15, -0.1) is 0 Å². The van der Waals surface area contributed by atoms with E-state index in [0.717, 1.165) is 64.2 Å². The summed E-state index contributed by atoms with van der Waals surface area (Å²) in [5.74, 6) is 0.944. The Hall–Kier alpha value is -0.200. The SMILES string of the molecule is C[C@]12CC[C@@H](O)C[C@@H]1CC[C@@H]1[C@@H]2[C@@H](O)C[C@@]2(C)[C@H]1C[C@@H]1O[C@]3(CCCCO3)[C@](C)(O)[C@@H]12. The Kier molecular flexibility index (Phi) is 4.60. The number of aliphatic hydroxyl groups excluding tert-OH is 2. The van der Waals surface area contributed by atoms with Gasteiger partial charge in [-0.1, -0.05) is 13.8 Å². The lowest BCUT2D eigenvalue weighted by atomic mass is 9.43. The van der Waals surface area contributed by atoms with E-state index in [4.69, 9.17) is 9.47 Å². The van der Waals surface area contributed by atoms with Gasteiger partial charge < -0.3 is 24.8 Å². The van der Waals surface area contributed by atoms with Crippen molar-refractivity contribution < 1.29 is 24.8 Å². The van der Waals surface area contributed by atoms with Crippen molar-refractivity contribution >= 4 is 0 Å². The highest BCUT2D eigenvalue weighted by Crippen LogP contribution is 2.72. The molecule has 0 aromatic rings. The van der Waals surface area contributed by atoms with E-state index < -0.39 is 11.4 Å². The van der Waals surface area contributed by atoms with Crippen LogP contribution < -0.4 is 0 Å². The van der Waals surface area contributed by atoms with E-state index >= 15 is 0 Å². The van der Waals surface area contributed by atoms with Gasteiger partial charge in [0, 0.05) is 12.3 Å². The fraction of sp³-hybridized carbons (Fsp3) is 1.00. The third-order valence-electron chi connectivity index (χ3n) is 11.5. The minimum absolute atomic E-state index is 0.0115. The average molecular weight is 435 g/mol. The first-order valence-corrected chi connectivity index (χ1v) is 13.0. The van der Waals surface area contributed by atoms with Gasteiger partial charge in [0.2, 0.25) is 0 Å². The van der Waals surface area contributed by atoms with Crippen LogP contribution in [0.4, 0.5) is 0 Å². The summed E-state index contributed by atoms with van der Waals surface area (Å²) in [5.41, 5.74) is -1.03. The highest BCUT2D eigenvalue weighted by molar-refractivity contribution is 5.21. The van der Waals surface area contributed by atoms with Gasteiger partial charge in [0.05, 0.1) is 24.9 Å². The number of hydrogen-bond acceptors (Lipinski definition) is 5. The van der Waals surface area contributed by atoms with E-state index in [1.165, 1.54) is 0 Å². The van der Waals surface area contributed by atoms with E-state index in [2.05, 4.69) is 13.8 Å². The Morgan fingerprint density at radius 2 is 1.71 bits per heavy atom. The smallest absolute Gasteiger partial charge is 0.197 e. The minimum Gasteiger partial charge on any atom is -0.393 e. The zero-order valence-electron chi connectivity index (χ0n) is 19.6. The average Bonchev–Trinajstić information content (AvgIpc) is 3.11. The standard InChI is InChI=1S/C26H42O5/c1-23-10-8-16(27)12-15(23)6-7-17-18-13-20-22(24(18,2)14-19(28)21(17)23)25(3,29)26(31-20)9-4-5-11-30-26/h15-22,27-29H,4-14H2,1-3H3/t15-,16+,17-,18-,19-,20-,21+,22-,23-,24-,25+,26+/m0/s1. The van der Waals surface area contributed by atoms with Crippen molar-refractivity contribution in [3.8, 4) is 0 Å². The fourth-order valence-electron chi connectivity index (χ4n) is 10.3. The number of aliphatic hydroxyl groups is 3. The van der Waals surface area contributed by atoms with Crippen LogP contribution in [0.15, 0.2) is 0 Å². The molecule has 4 aliphatic carbocycles. The van der Waals surface area contributed by atoms with E-state index in [9.17, 15) is 15.3 Å². The molecule has 6 rings (SSSR count). The molecule has 0 radical (unpaired) electrons.